The molecule has 6 nitrogen and oxygen atoms in total. The average molecular weight is 452 g/mol. The van der Waals surface area contributed by atoms with Crippen LogP contribution in [-0.4, -0.2) is 28.8 Å². The third-order valence-corrected chi connectivity index (χ3v) is 5.90. The van der Waals surface area contributed by atoms with Gasteiger partial charge in [-0.1, -0.05) is 64.1 Å². The number of benzene rings is 2. The zero-order valence-electron chi connectivity index (χ0n) is 19.7. The van der Waals surface area contributed by atoms with E-state index in [1.54, 1.807) is 0 Å². The number of fused-ring (bicyclic) bond motifs is 2. The summed E-state index contributed by atoms with van der Waals surface area (Å²) in [5.74, 6) is -1.06. The standard InChI is InChI=1S/C27H33NO5/c1-16(2)13-18(26(30)28-21(27(31)32)14-17(3)4)15-22(29)25-19-9-5-7-11-23(19)33-24-12-8-6-10-20(24)25/h5-12,16-18,21,25H,13-15H2,1-4H3,(H,28,30)(H,31,32)/t18-,21?/m1/s1. The highest BCUT2D eigenvalue weighted by molar-refractivity contribution is 5.95. The number of carboxylic acid groups (broad SMARTS) is 1. The molecule has 0 saturated heterocycles. The average Bonchev–Trinajstić information content (AvgIpc) is 2.75. The van der Waals surface area contributed by atoms with Gasteiger partial charge in [0.2, 0.25) is 5.91 Å². The van der Waals surface area contributed by atoms with E-state index in [4.69, 9.17) is 4.74 Å². The molecule has 2 aromatic carbocycles. The van der Waals surface area contributed by atoms with Crippen LogP contribution < -0.4 is 10.1 Å². The summed E-state index contributed by atoms with van der Waals surface area (Å²) in [6, 6.07) is 14.0. The van der Waals surface area contributed by atoms with E-state index in [1.165, 1.54) is 0 Å². The zero-order valence-corrected chi connectivity index (χ0v) is 19.7. The van der Waals surface area contributed by atoms with Gasteiger partial charge in [0.1, 0.15) is 23.3 Å². The van der Waals surface area contributed by atoms with Gasteiger partial charge in [-0.05, 0) is 36.8 Å². The molecular formula is C27H33NO5. The van der Waals surface area contributed by atoms with Gasteiger partial charge in [0.15, 0.2) is 0 Å². The Morgan fingerprint density at radius 1 is 0.879 bits per heavy atom. The van der Waals surface area contributed by atoms with Crippen LogP contribution in [0.3, 0.4) is 0 Å². The van der Waals surface area contributed by atoms with Gasteiger partial charge in [-0.2, -0.15) is 0 Å². The summed E-state index contributed by atoms with van der Waals surface area (Å²) in [6.45, 7) is 7.81. The zero-order chi connectivity index (χ0) is 24.1. The van der Waals surface area contributed by atoms with Gasteiger partial charge >= 0.3 is 5.97 Å². The van der Waals surface area contributed by atoms with Crippen molar-refractivity contribution in [3.05, 3.63) is 59.7 Å². The van der Waals surface area contributed by atoms with Crippen molar-refractivity contribution in [1.29, 1.82) is 0 Å². The van der Waals surface area contributed by atoms with Crippen LogP contribution in [0, 0.1) is 17.8 Å². The maximum Gasteiger partial charge on any atom is 0.326 e. The Kier molecular flexibility index (Phi) is 7.90. The number of ketones is 1. The first kappa shape index (κ1) is 24.5. The molecule has 1 aliphatic heterocycles. The van der Waals surface area contributed by atoms with Crippen molar-refractivity contribution in [3.63, 3.8) is 0 Å². The molecule has 0 aromatic heterocycles. The van der Waals surface area contributed by atoms with Gasteiger partial charge in [-0.3, -0.25) is 9.59 Å². The molecule has 1 heterocycles. The molecule has 0 fully saturated rings. The van der Waals surface area contributed by atoms with Crippen molar-refractivity contribution in [2.24, 2.45) is 17.8 Å². The molecule has 0 radical (unpaired) electrons. The fourth-order valence-electron chi connectivity index (χ4n) is 4.45. The monoisotopic (exact) mass is 451 g/mol. The van der Waals surface area contributed by atoms with Gasteiger partial charge < -0.3 is 15.2 Å². The highest BCUT2D eigenvalue weighted by Gasteiger charge is 2.35. The number of hydrogen-bond acceptors (Lipinski definition) is 4. The summed E-state index contributed by atoms with van der Waals surface area (Å²) >= 11 is 0. The molecular weight excluding hydrogens is 418 g/mol. The molecule has 2 N–H and O–H groups in total. The third kappa shape index (κ3) is 6.01. The van der Waals surface area contributed by atoms with E-state index < -0.39 is 23.8 Å². The molecule has 0 saturated carbocycles. The summed E-state index contributed by atoms with van der Waals surface area (Å²) < 4.78 is 5.99. The lowest BCUT2D eigenvalue weighted by Crippen LogP contribution is -2.45. The lowest BCUT2D eigenvalue weighted by atomic mass is 9.80. The molecule has 0 bridgehead atoms. The fourth-order valence-corrected chi connectivity index (χ4v) is 4.45. The Morgan fingerprint density at radius 3 is 1.88 bits per heavy atom. The Labute approximate surface area is 195 Å². The number of carboxylic acids is 1. The van der Waals surface area contributed by atoms with Crippen LogP contribution in [0.15, 0.2) is 48.5 Å². The minimum Gasteiger partial charge on any atom is -0.480 e. The van der Waals surface area contributed by atoms with E-state index in [9.17, 15) is 19.5 Å². The van der Waals surface area contributed by atoms with E-state index in [0.717, 1.165) is 11.1 Å². The minimum atomic E-state index is -1.06. The van der Waals surface area contributed by atoms with Crippen molar-refractivity contribution < 1.29 is 24.2 Å². The maximum atomic E-state index is 13.7. The molecule has 33 heavy (non-hydrogen) atoms. The summed E-state index contributed by atoms with van der Waals surface area (Å²) in [6.07, 6.45) is 0.869. The van der Waals surface area contributed by atoms with Gasteiger partial charge in [-0.25, -0.2) is 4.79 Å². The lowest BCUT2D eigenvalue weighted by molar-refractivity contribution is -0.143. The molecule has 2 atom stereocenters. The Morgan fingerprint density at radius 2 is 1.39 bits per heavy atom. The van der Waals surface area contributed by atoms with Crippen molar-refractivity contribution in [2.75, 3.05) is 0 Å². The van der Waals surface area contributed by atoms with Crippen LogP contribution in [-0.2, 0) is 14.4 Å². The van der Waals surface area contributed by atoms with Crippen molar-refractivity contribution in [3.8, 4) is 11.5 Å². The van der Waals surface area contributed by atoms with Gasteiger partial charge in [0.25, 0.3) is 0 Å². The second-order valence-corrected chi connectivity index (χ2v) is 9.64. The summed E-state index contributed by atoms with van der Waals surface area (Å²) in [5.41, 5.74) is 1.57. The van der Waals surface area contributed by atoms with E-state index in [1.807, 2.05) is 76.2 Å². The van der Waals surface area contributed by atoms with Crippen LogP contribution in [0.25, 0.3) is 0 Å². The van der Waals surface area contributed by atoms with Gasteiger partial charge in [0.05, 0.1) is 5.92 Å². The van der Waals surface area contributed by atoms with Crippen LogP contribution in [0.4, 0.5) is 0 Å². The Bertz CT molecular complexity index is 968. The number of hydrogen-bond donors (Lipinski definition) is 2. The summed E-state index contributed by atoms with van der Waals surface area (Å²) in [7, 11) is 0. The molecule has 3 rings (SSSR count). The quantitative estimate of drug-likeness (QED) is 0.520. The number of amides is 1. The number of nitrogens with one attached hydrogen (secondary N) is 1. The van der Waals surface area contributed by atoms with Gasteiger partial charge in [-0.15, -0.1) is 0 Å². The second kappa shape index (κ2) is 10.6. The molecule has 0 aliphatic carbocycles. The predicted octanol–water partition coefficient (Wildman–Crippen LogP) is 5.16. The normalized spacial score (nSPS) is 14.7. The number of carbonyl (C=O) groups is 3. The van der Waals surface area contributed by atoms with Crippen molar-refractivity contribution in [2.45, 2.75) is 58.9 Å². The molecule has 2 aromatic rings. The Hall–Kier alpha value is -3.15. The number of para-hydroxylation sites is 2. The number of carbonyl (C=O) groups excluding carboxylic acids is 2. The summed E-state index contributed by atoms with van der Waals surface area (Å²) in [5, 5.41) is 12.2. The number of aliphatic carboxylic acids is 1. The lowest BCUT2D eigenvalue weighted by Gasteiger charge is -2.29. The topological polar surface area (TPSA) is 92.7 Å². The molecule has 1 amide bonds. The first-order valence-corrected chi connectivity index (χ1v) is 11.6. The van der Waals surface area contributed by atoms with Crippen molar-refractivity contribution in [1.82, 2.24) is 5.32 Å². The van der Waals surface area contributed by atoms with E-state index in [-0.39, 0.29) is 29.9 Å². The molecule has 1 unspecified atom stereocenters. The van der Waals surface area contributed by atoms with Crippen LogP contribution >= 0.6 is 0 Å². The second-order valence-electron chi connectivity index (χ2n) is 9.64. The predicted molar refractivity (Wildman–Crippen MR) is 126 cm³/mol. The molecule has 0 spiro atoms. The number of ether oxygens (including phenoxy) is 1. The molecule has 6 heteroatoms. The van der Waals surface area contributed by atoms with E-state index in [0.29, 0.717) is 24.3 Å². The molecule has 176 valence electrons. The number of Topliss-reactive ketones (excluding diaryl/α,β-unsaturated/α-hetero) is 1. The Balaban J connectivity index is 1.86. The largest absolute Gasteiger partial charge is 0.480 e. The summed E-state index contributed by atoms with van der Waals surface area (Å²) in [4.78, 5) is 38.5. The SMILES string of the molecule is CC(C)CC(NC(=O)[C@@H](CC(=O)C1c2ccccc2Oc2ccccc21)CC(C)C)C(=O)O. The van der Waals surface area contributed by atoms with Crippen LogP contribution in [0.2, 0.25) is 0 Å². The number of rotatable bonds is 10. The maximum absolute atomic E-state index is 13.7. The smallest absolute Gasteiger partial charge is 0.326 e. The van der Waals surface area contributed by atoms with Crippen LogP contribution in [0.1, 0.15) is 64.0 Å². The third-order valence-electron chi connectivity index (χ3n) is 5.90. The molecule has 1 aliphatic rings. The first-order chi connectivity index (χ1) is 15.7. The van der Waals surface area contributed by atoms with E-state index in [2.05, 4.69) is 5.32 Å². The highest BCUT2D eigenvalue weighted by atomic mass is 16.5. The fraction of sp³-hybridized carbons (Fsp3) is 0.444. The van der Waals surface area contributed by atoms with E-state index >= 15 is 0 Å². The first-order valence-electron chi connectivity index (χ1n) is 11.6. The van der Waals surface area contributed by atoms with Gasteiger partial charge in [0, 0.05) is 23.5 Å². The highest BCUT2D eigenvalue weighted by Crippen LogP contribution is 2.45. The van der Waals surface area contributed by atoms with Crippen LogP contribution in [0.5, 0.6) is 11.5 Å². The van der Waals surface area contributed by atoms with Crippen molar-refractivity contribution >= 4 is 17.7 Å². The minimum absolute atomic E-state index is 0.0331.